The Morgan fingerprint density at radius 1 is 1.26 bits per heavy atom. The Hall–Kier alpha value is -1.20. The molecule has 0 aliphatic rings. The normalized spacial score (nSPS) is 14.9. The summed E-state index contributed by atoms with van der Waals surface area (Å²) in [7, 11) is -3.02. The number of carbonyl (C=O) groups is 1. The highest BCUT2D eigenvalue weighted by atomic mass is 32.2. The second-order valence-corrected chi connectivity index (χ2v) is 7.30. The van der Waals surface area contributed by atoms with E-state index in [1.54, 1.807) is 26.0 Å². The van der Waals surface area contributed by atoms with Crippen LogP contribution in [0.1, 0.15) is 32.3 Å². The van der Waals surface area contributed by atoms with Crippen LogP contribution in [-0.2, 0) is 20.2 Å². The lowest BCUT2D eigenvalue weighted by Crippen LogP contribution is -2.41. The van der Waals surface area contributed by atoms with E-state index in [2.05, 4.69) is 0 Å². The van der Waals surface area contributed by atoms with Crippen LogP contribution in [0.4, 0.5) is 0 Å². The molecule has 1 unspecified atom stereocenters. The molecule has 0 bridgehead atoms. The molecule has 0 heterocycles. The molecule has 5 heteroatoms. The molecule has 1 atom stereocenters. The summed E-state index contributed by atoms with van der Waals surface area (Å²) in [6.07, 6.45) is 0.510. The Morgan fingerprint density at radius 3 is 2.37 bits per heavy atom. The molecule has 19 heavy (non-hydrogen) atoms. The van der Waals surface area contributed by atoms with E-state index in [1.165, 1.54) is 0 Å². The molecule has 1 rings (SSSR count). The van der Waals surface area contributed by atoms with Gasteiger partial charge in [-0.2, -0.15) is 0 Å². The molecule has 0 amide bonds. The molecular weight excluding hydrogens is 262 g/mol. The average molecular weight is 283 g/mol. The number of hydrogen-bond acceptors (Lipinski definition) is 4. The van der Waals surface area contributed by atoms with Crippen LogP contribution in [0.2, 0.25) is 0 Å². The SMILES string of the molecule is CCS(=O)(=O)CCCC(=O)C(C)(N)c1ccccc1. The Bertz CT molecular complexity index is 521. The first-order valence-electron chi connectivity index (χ1n) is 6.37. The molecule has 0 saturated heterocycles. The third-order valence-corrected chi connectivity index (χ3v) is 5.04. The molecule has 0 spiro atoms. The van der Waals surface area contributed by atoms with Crippen molar-refractivity contribution in [1.29, 1.82) is 0 Å². The Balaban J connectivity index is 2.63. The first-order chi connectivity index (χ1) is 8.79. The lowest BCUT2D eigenvalue weighted by molar-refractivity contribution is -0.123. The van der Waals surface area contributed by atoms with Gasteiger partial charge in [-0.25, -0.2) is 8.42 Å². The highest BCUT2D eigenvalue weighted by Gasteiger charge is 2.29. The van der Waals surface area contributed by atoms with Crippen LogP contribution in [0.5, 0.6) is 0 Å². The van der Waals surface area contributed by atoms with Crippen LogP contribution in [0, 0.1) is 0 Å². The van der Waals surface area contributed by atoms with E-state index in [0.717, 1.165) is 5.56 Å². The number of benzene rings is 1. The molecule has 0 aromatic heterocycles. The minimum atomic E-state index is -3.02. The smallest absolute Gasteiger partial charge is 0.156 e. The van der Waals surface area contributed by atoms with Gasteiger partial charge in [-0.15, -0.1) is 0 Å². The predicted molar refractivity (Wildman–Crippen MR) is 76.6 cm³/mol. The summed E-state index contributed by atoms with van der Waals surface area (Å²) in [5.74, 6) is 0.0184. The molecule has 0 fully saturated rings. The fourth-order valence-electron chi connectivity index (χ4n) is 1.80. The first-order valence-corrected chi connectivity index (χ1v) is 8.20. The van der Waals surface area contributed by atoms with Crippen LogP contribution in [0.25, 0.3) is 0 Å². The van der Waals surface area contributed by atoms with Gasteiger partial charge in [0, 0.05) is 12.2 Å². The summed E-state index contributed by atoms with van der Waals surface area (Å²) < 4.78 is 22.7. The summed E-state index contributed by atoms with van der Waals surface area (Å²) >= 11 is 0. The quantitative estimate of drug-likeness (QED) is 0.825. The topological polar surface area (TPSA) is 77.2 Å². The highest BCUT2D eigenvalue weighted by Crippen LogP contribution is 2.20. The number of Topliss-reactive ketones (excluding diaryl/α,β-unsaturated/α-hetero) is 1. The minimum absolute atomic E-state index is 0.0418. The summed E-state index contributed by atoms with van der Waals surface area (Å²) in [5.41, 5.74) is 5.76. The summed E-state index contributed by atoms with van der Waals surface area (Å²) in [4.78, 5) is 12.1. The predicted octanol–water partition coefficient (Wildman–Crippen LogP) is 1.64. The lowest BCUT2D eigenvalue weighted by atomic mass is 9.87. The van der Waals surface area contributed by atoms with E-state index in [1.807, 2.05) is 18.2 Å². The summed E-state index contributed by atoms with van der Waals surface area (Å²) in [6.45, 7) is 3.27. The van der Waals surface area contributed by atoms with Crippen LogP contribution in [0.15, 0.2) is 30.3 Å². The highest BCUT2D eigenvalue weighted by molar-refractivity contribution is 7.91. The van der Waals surface area contributed by atoms with Crippen molar-refractivity contribution in [3.8, 4) is 0 Å². The molecule has 0 radical (unpaired) electrons. The fraction of sp³-hybridized carbons (Fsp3) is 0.500. The maximum absolute atomic E-state index is 12.1. The van der Waals surface area contributed by atoms with Crippen molar-refractivity contribution in [2.75, 3.05) is 11.5 Å². The summed E-state index contributed by atoms with van der Waals surface area (Å²) in [5, 5.41) is 0. The Morgan fingerprint density at radius 2 is 1.84 bits per heavy atom. The second kappa shape index (κ2) is 6.30. The third kappa shape index (κ3) is 4.44. The van der Waals surface area contributed by atoms with E-state index in [0.29, 0.717) is 6.42 Å². The molecule has 4 nitrogen and oxygen atoms in total. The molecule has 0 aliphatic carbocycles. The second-order valence-electron chi connectivity index (χ2n) is 4.83. The first kappa shape index (κ1) is 15.9. The van der Waals surface area contributed by atoms with Gasteiger partial charge < -0.3 is 5.73 Å². The zero-order valence-electron chi connectivity index (χ0n) is 11.4. The minimum Gasteiger partial charge on any atom is -0.315 e. The van der Waals surface area contributed by atoms with Crippen LogP contribution in [0.3, 0.4) is 0 Å². The summed E-state index contributed by atoms with van der Waals surface area (Å²) in [6, 6.07) is 9.13. The fourth-order valence-corrected chi connectivity index (χ4v) is 2.67. The van der Waals surface area contributed by atoms with Crippen molar-refractivity contribution in [1.82, 2.24) is 0 Å². The van der Waals surface area contributed by atoms with Crippen molar-refractivity contribution in [3.05, 3.63) is 35.9 Å². The van der Waals surface area contributed by atoms with E-state index in [-0.39, 0.29) is 23.7 Å². The number of rotatable bonds is 7. The van der Waals surface area contributed by atoms with Gasteiger partial charge in [0.25, 0.3) is 0 Å². The number of sulfone groups is 1. The molecule has 0 aliphatic heterocycles. The lowest BCUT2D eigenvalue weighted by Gasteiger charge is -2.23. The molecule has 1 aromatic rings. The molecular formula is C14H21NO3S. The van der Waals surface area contributed by atoms with Crippen LogP contribution < -0.4 is 5.73 Å². The Labute approximate surface area is 114 Å². The zero-order valence-corrected chi connectivity index (χ0v) is 12.2. The molecule has 2 N–H and O–H groups in total. The molecule has 0 saturated carbocycles. The van der Waals surface area contributed by atoms with Crippen molar-refractivity contribution in [2.24, 2.45) is 5.73 Å². The number of carbonyl (C=O) groups excluding carboxylic acids is 1. The van der Waals surface area contributed by atoms with Crippen molar-refractivity contribution in [2.45, 2.75) is 32.2 Å². The van der Waals surface area contributed by atoms with Crippen LogP contribution in [-0.4, -0.2) is 25.7 Å². The maximum atomic E-state index is 12.1. The van der Waals surface area contributed by atoms with E-state index in [9.17, 15) is 13.2 Å². The van der Waals surface area contributed by atoms with Crippen molar-refractivity contribution in [3.63, 3.8) is 0 Å². The average Bonchev–Trinajstić information content (AvgIpc) is 2.39. The van der Waals surface area contributed by atoms with E-state index in [4.69, 9.17) is 5.73 Å². The number of ketones is 1. The van der Waals surface area contributed by atoms with Gasteiger partial charge >= 0.3 is 0 Å². The monoisotopic (exact) mass is 283 g/mol. The number of hydrogen-bond donors (Lipinski definition) is 1. The zero-order chi connectivity index (χ0) is 14.5. The van der Waals surface area contributed by atoms with Gasteiger partial charge in [0.05, 0.1) is 11.3 Å². The van der Waals surface area contributed by atoms with Crippen molar-refractivity contribution >= 4 is 15.6 Å². The largest absolute Gasteiger partial charge is 0.315 e. The van der Waals surface area contributed by atoms with Gasteiger partial charge in [0.15, 0.2) is 5.78 Å². The standard InChI is InChI=1S/C14H21NO3S/c1-3-19(17,18)11-7-10-13(16)14(2,15)12-8-5-4-6-9-12/h4-6,8-9H,3,7,10-11,15H2,1-2H3. The van der Waals surface area contributed by atoms with E-state index < -0.39 is 15.4 Å². The number of nitrogens with two attached hydrogens (primary N) is 1. The van der Waals surface area contributed by atoms with Crippen LogP contribution >= 0.6 is 0 Å². The van der Waals surface area contributed by atoms with Crippen molar-refractivity contribution < 1.29 is 13.2 Å². The van der Waals surface area contributed by atoms with E-state index >= 15 is 0 Å². The van der Waals surface area contributed by atoms with Gasteiger partial charge in [0.2, 0.25) is 0 Å². The Kier molecular flexibility index (Phi) is 5.26. The molecule has 1 aromatic carbocycles. The van der Waals surface area contributed by atoms with Gasteiger partial charge in [-0.3, -0.25) is 4.79 Å². The van der Waals surface area contributed by atoms with Gasteiger partial charge in [0.1, 0.15) is 9.84 Å². The maximum Gasteiger partial charge on any atom is 0.156 e. The molecule has 106 valence electrons. The van der Waals surface area contributed by atoms with Gasteiger partial charge in [-0.1, -0.05) is 37.3 Å². The van der Waals surface area contributed by atoms with Gasteiger partial charge in [-0.05, 0) is 18.9 Å². The third-order valence-electron chi connectivity index (χ3n) is 3.25.